The lowest BCUT2D eigenvalue weighted by atomic mass is 10.0. The van der Waals surface area contributed by atoms with Gasteiger partial charge in [0.15, 0.2) is 0 Å². The van der Waals surface area contributed by atoms with Crippen molar-refractivity contribution in [3.8, 4) is 0 Å². The molecule has 0 atom stereocenters. The molecule has 1 aromatic carbocycles. The molecule has 0 aliphatic carbocycles. The number of likely N-dealkylation sites (tertiary alicyclic amines) is 1. The fraction of sp³-hybridized carbons (Fsp3) is 0.647. The molecule has 2 nitrogen and oxygen atoms in total. The average molecular weight is 280 g/mol. The largest absolute Gasteiger partial charge is 0.306 e. The summed E-state index contributed by atoms with van der Waals surface area (Å²) in [5.41, 5.74) is 1.81. The molecular formula is C17H29FN2. The second-order valence-corrected chi connectivity index (χ2v) is 5.57. The Morgan fingerprint density at radius 1 is 1.20 bits per heavy atom. The minimum Gasteiger partial charge on any atom is -0.306 e. The molecule has 0 amide bonds. The molecule has 20 heavy (non-hydrogen) atoms. The van der Waals surface area contributed by atoms with Gasteiger partial charge in [0.1, 0.15) is 5.82 Å². The summed E-state index contributed by atoms with van der Waals surface area (Å²) in [6.07, 6.45) is 2.36. The number of hydrogen-bond acceptors (Lipinski definition) is 2. The smallest absolute Gasteiger partial charge is 0.127 e. The molecule has 1 heterocycles. The summed E-state index contributed by atoms with van der Waals surface area (Å²) in [6.45, 7) is 8.80. The normalized spacial score (nSPS) is 16.9. The minimum atomic E-state index is -0.0651. The quantitative estimate of drug-likeness (QED) is 0.833. The fourth-order valence-corrected chi connectivity index (χ4v) is 2.62. The van der Waals surface area contributed by atoms with Crippen LogP contribution in [0.25, 0.3) is 0 Å². The van der Waals surface area contributed by atoms with Gasteiger partial charge in [-0.2, -0.15) is 0 Å². The molecular weight excluding hydrogens is 251 g/mol. The first-order chi connectivity index (χ1) is 9.56. The first-order valence-electron chi connectivity index (χ1n) is 7.70. The Labute approximate surface area is 123 Å². The Morgan fingerprint density at radius 3 is 2.30 bits per heavy atom. The molecule has 0 radical (unpaired) electrons. The van der Waals surface area contributed by atoms with Crippen LogP contribution in [0.15, 0.2) is 18.2 Å². The van der Waals surface area contributed by atoms with E-state index in [-0.39, 0.29) is 5.82 Å². The van der Waals surface area contributed by atoms with E-state index in [4.69, 9.17) is 0 Å². The Hall–Kier alpha value is -0.930. The number of rotatable bonds is 3. The molecule has 2 rings (SSSR count). The fourth-order valence-electron chi connectivity index (χ4n) is 2.62. The number of benzene rings is 1. The first kappa shape index (κ1) is 17.1. The summed E-state index contributed by atoms with van der Waals surface area (Å²) in [5, 5.41) is 0. The maximum absolute atomic E-state index is 13.8. The molecule has 0 aromatic heterocycles. The summed E-state index contributed by atoms with van der Waals surface area (Å²) in [4.78, 5) is 4.65. The Bertz CT molecular complexity index is 396. The van der Waals surface area contributed by atoms with Crippen LogP contribution in [0.2, 0.25) is 0 Å². The van der Waals surface area contributed by atoms with Gasteiger partial charge in [-0.15, -0.1) is 0 Å². The third-order valence-electron chi connectivity index (χ3n) is 3.89. The van der Waals surface area contributed by atoms with E-state index in [1.807, 2.05) is 32.9 Å². The van der Waals surface area contributed by atoms with E-state index < -0.39 is 0 Å². The van der Waals surface area contributed by atoms with Crippen LogP contribution in [0, 0.1) is 12.7 Å². The molecule has 1 aromatic rings. The summed E-state index contributed by atoms with van der Waals surface area (Å²) in [6, 6.07) is 6.22. The van der Waals surface area contributed by atoms with Crippen LogP contribution in [0.3, 0.4) is 0 Å². The second-order valence-electron chi connectivity index (χ2n) is 5.57. The predicted molar refractivity (Wildman–Crippen MR) is 84.5 cm³/mol. The number of hydrogen-bond donors (Lipinski definition) is 0. The van der Waals surface area contributed by atoms with Crippen LogP contribution in [0.5, 0.6) is 0 Å². The summed E-state index contributed by atoms with van der Waals surface area (Å²) >= 11 is 0. The van der Waals surface area contributed by atoms with Gasteiger partial charge in [-0.25, -0.2) is 4.39 Å². The van der Waals surface area contributed by atoms with E-state index in [0.717, 1.165) is 30.8 Å². The van der Waals surface area contributed by atoms with Gasteiger partial charge >= 0.3 is 0 Å². The van der Waals surface area contributed by atoms with Crippen LogP contribution in [-0.4, -0.2) is 43.0 Å². The highest BCUT2D eigenvalue weighted by molar-refractivity contribution is 5.23. The predicted octanol–water partition coefficient (Wildman–Crippen LogP) is 3.69. The topological polar surface area (TPSA) is 6.48 Å². The Balaban J connectivity index is 0.000000956. The summed E-state index contributed by atoms with van der Waals surface area (Å²) in [5.74, 6) is -0.0651. The minimum absolute atomic E-state index is 0.0651. The van der Waals surface area contributed by atoms with Crippen molar-refractivity contribution in [1.82, 2.24) is 9.80 Å². The van der Waals surface area contributed by atoms with Gasteiger partial charge in [-0.1, -0.05) is 26.0 Å². The van der Waals surface area contributed by atoms with Crippen LogP contribution in [0.1, 0.15) is 37.8 Å². The zero-order valence-electron chi connectivity index (χ0n) is 13.6. The van der Waals surface area contributed by atoms with Crippen molar-refractivity contribution in [3.63, 3.8) is 0 Å². The number of halogens is 1. The SMILES string of the molecule is CC.Cc1ccc(CN2CCC(N(C)C)CC2)c(F)c1. The van der Waals surface area contributed by atoms with Gasteiger partial charge < -0.3 is 4.90 Å². The lowest BCUT2D eigenvalue weighted by molar-refractivity contribution is 0.139. The highest BCUT2D eigenvalue weighted by Gasteiger charge is 2.21. The molecule has 0 unspecified atom stereocenters. The molecule has 1 aliphatic rings. The highest BCUT2D eigenvalue weighted by Crippen LogP contribution is 2.18. The van der Waals surface area contributed by atoms with Crippen LogP contribution in [-0.2, 0) is 6.54 Å². The highest BCUT2D eigenvalue weighted by atomic mass is 19.1. The van der Waals surface area contributed by atoms with Crippen molar-refractivity contribution >= 4 is 0 Å². The molecule has 0 N–H and O–H groups in total. The second kappa shape index (κ2) is 8.38. The molecule has 1 aliphatic heterocycles. The number of piperidine rings is 1. The van der Waals surface area contributed by atoms with E-state index in [0.29, 0.717) is 6.04 Å². The van der Waals surface area contributed by atoms with Crippen molar-refractivity contribution < 1.29 is 4.39 Å². The van der Waals surface area contributed by atoms with Crippen LogP contribution in [0.4, 0.5) is 4.39 Å². The molecule has 1 saturated heterocycles. The third-order valence-corrected chi connectivity index (χ3v) is 3.89. The van der Waals surface area contributed by atoms with Gasteiger partial charge in [0, 0.05) is 18.2 Å². The zero-order valence-corrected chi connectivity index (χ0v) is 13.6. The maximum atomic E-state index is 13.8. The van der Waals surface area contributed by atoms with Crippen LogP contribution < -0.4 is 0 Å². The lowest BCUT2D eigenvalue weighted by Gasteiger charge is -2.35. The van der Waals surface area contributed by atoms with E-state index in [2.05, 4.69) is 23.9 Å². The van der Waals surface area contributed by atoms with Crippen molar-refractivity contribution in [2.45, 2.75) is 46.2 Å². The van der Waals surface area contributed by atoms with E-state index >= 15 is 0 Å². The third kappa shape index (κ3) is 4.88. The average Bonchev–Trinajstić information content (AvgIpc) is 2.45. The van der Waals surface area contributed by atoms with Gasteiger partial charge in [0.2, 0.25) is 0 Å². The standard InChI is InChI=1S/C15H23FN2.C2H6/c1-12-4-5-13(15(16)10-12)11-18-8-6-14(7-9-18)17(2)3;1-2/h4-5,10,14H,6-9,11H2,1-3H3;1-2H3. The summed E-state index contributed by atoms with van der Waals surface area (Å²) < 4.78 is 13.8. The molecule has 3 heteroatoms. The van der Waals surface area contributed by atoms with Crippen molar-refractivity contribution in [3.05, 3.63) is 35.1 Å². The molecule has 0 spiro atoms. The van der Waals surface area contributed by atoms with E-state index in [9.17, 15) is 4.39 Å². The summed E-state index contributed by atoms with van der Waals surface area (Å²) in [7, 11) is 4.28. The Morgan fingerprint density at radius 2 is 1.80 bits per heavy atom. The van der Waals surface area contributed by atoms with Gasteiger partial charge in [0.25, 0.3) is 0 Å². The Kier molecular flexibility index (Phi) is 7.17. The maximum Gasteiger partial charge on any atom is 0.127 e. The first-order valence-corrected chi connectivity index (χ1v) is 7.70. The van der Waals surface area contributed by atoms with Gasteiger partial charge in [0.05, 0.1) is 0 Å². The monoisotopic (exact) mass is 280 g/mol. The molecule has 0 saturated carbocycles. The van der Waals surface area contributed by atoms with Gasteiger partial charge in [-0.05, 0) is 58.6 Å². The van der Waals surface area contributed by atoms with E-state index in [1.165, 1.54) is 12.8 Å². The number of nitrogens with zero attached hydrogens (tertiary/aromatic N) is 2. The molecule has 1 fully saturated rings. The number of aryl methyl sites for hydroxylation is 1. The molecule has 114 valence electrons. The molecule has 0 bridgehead atoms. The van der Waals surface area contributed by atoms with Crippen molar-refractivity contribution in [1.29, 1.82) is 0 Å². The van der Waals surface area contributed by atoms with Crippen molar-refractivity contribution in [2.75, 3.05) is 27.2 Å². The van der Waals surface area contributed by atoms with Gasteiger partial charge in [-0.3, -0.25) is 4.90 Å². The zero-order chi connectivity index (χ0) is 15.1. The van der Waals surface area contributed by atoms with E-state index in [1.54, 1.807) is 6.07 Å². The van der Waals surface area contributed by atoms with Crippen LogP contribution >= 0.6 is 0 Å². The lowest BCUT2D eigenvalue weighted by Crippen LogP contribution is -2.41. The van der Waals surface area contributed by atoms with Crippen molar-refractivity contribution in [2.24, 2.45) is 0 Å².